The van der Waals surface area contributed by atoms with Crippen molar-refractivity contribution in [1.82, 2.24) is 10.2 Å². The van der Waals surface area contributed by atoms with Gasteiger partial charge in [0.2, 0.25) is 0 Å². The van der Waals surface area contributed by atoms with Crippen molar-refractivity contribution >= 4 is 0 Å². The molecular weight excluding hydrogens is 148 g/mol. The standard InChI is InChI=1S/C10H20N2/c1-11-5-10(8-3-4-8)9-6-12(2)7-9/h8-11H,3-7H2,1-2H3. The molecule has 1 saturated carbocycles. The van der Waals surface area contributed by atoms with Crippen LogP contribution >= 0.6 is 0 Å². The normalized spacial score (nSPS) is 28.5. The van der Waals surface area contributed by atoms with Crippen LogP contribution < -0.4 is 5.32 Å². The summed E-state index contributed by atoms with van der Waals surface area (Å²) in [4.78, 5) is 2.43. The molecule has 0 radical (unpaired) electrons. The van der Waals surface area contributed by atoms with Gasteiger partial charge in [-0.3, -0.25) is 0 Å². The Labute approximate surface area is 75.3 Å². The lowest BCUT2D eigenvalue weighted by Gasteiger charge is -2.41. The molecule has 1 unspecified atom stereocenters. The highest BCUT2D eigenvalue weighted by Crippen LogP contribution is 2.42. The Morgan fingerprint density at radius 1 is 1.33 bits per heavy atom. The van der Waals surface area contributed by atoms with Crippen molar-refractivity contribution in [2.45, 2.75) is 12.8 Å². The molecule has 1 atom stereocenters. The summed E-state index contributed by atoms with van der Waals surface area (Å²) in [6.07, 6.45) is 2.99. The van der Waals surface area contributed by atoms with Gasteiger partial charge in [0, 0.05) is 13.1 Å². The zero-order chi connectivity index (χ0) is 8.55. The zero-order valence-electron chi connectivity index (χ0n) is 8.21. The summed E-state index contributed by atoms with van der Waals surface area (Å²) in [5.74, 6) is 3.04. The van der Waals surface area contributed by atoms with Crippen LogP contribution in [-0.2, 0) is 0 Å². The Bertz CT molecular complexity index is 148. The Hall–Kier alpha value is -0.0800. The molecule has 0 aromatic carbocycles. The summed E-state index contributed by atoms with van der Waals surface area (Å²) in [5.41, 5.74) is 0. The molecule has 0 aromatic rings. The minimum atomic E-state index is 0.978. The lowest BCUT2D eigenvalue weighted by molar-refractivity contribution is 0.0734. The Morgan fingerprint density at radius 3 is 2.42 bits per heavy atom. The van der Waals surface area contributed by atoms with Crippen LogP contribution in [-0.4, -0.2) is 38.6 Å². The van der Waals surface area contributed by atoms with Crippen molar-refractivity contribution in [2.24, 2.45) is 17.8 Å². The quantitative estimate of drug-likeness (QED) is 0.668. The lowest BCUT2D eigenvalue weighted by Crippen LogP contribution is -2.49. The van der Waals surface area contributed by atoms with E-state index < -0.39 is 0 Å². The van der Waals surface area contributed by atoms with Gasteiger partial charge >= 0.3 is 0 Å². The second-order valence-electron chi connectivity index (χ2n) is 4.54. The fraction of sp³-hybridized carbons (Fsp3) is 1.00. The monoisotopic (exact) mass is 168 g/mol. The van der Waals surface area contributed by atoms with Gasteiger partial charge in [-0.2, -0.15) is 0 Å². The number of nitrogens with one attached hydrogen (secondary N) is 1. The molecule has 0 aromatic heterocycles. The maximum atomic E-state index is 3.33. The van der Waals surface area contributed by atoms with Gasteiger partial charge in [0.05, 0.1) is 0 Å². The van der Waals surface area contributed by atoms with Crippen molar-refractivity contribution in [3.8, 4) is 0 Å². The van der Waals surface area contributed by atoms with Crippen LogP contribution in [0.1, 0.15) is 12.8 Å². The first kappa shape index (κ1) is 8.52. The molecule has 2 aliphatic rings. The van der Waals surface area contributed by atoms with Gasteiger partial charge in [0.15, 0.2) is 0 Å². The first-order valence-electron chi connectivity index (χ1n) is 5.14. The average Bonchev–Trinajstić information content (AvgIpc) is 2.77. The molecule has 1 N–H and O–H groups in total. The summed E-state index contributed by atoms with van der Waals surface area (Å²) in [5, 5.41) is 3.33. The predicted molar refractivity (Wildman–Crippen MR) is 51.1 cm³/mol. The third-order valence-corrected chi connectivity index (χ3v) is 3.37. The molecule has 1 heterocycles. The van der Waals surface area contributed by atoms with E-state index >= 15 is 0 Å². The highest BCUT2D eigenvalue weighted by atomic mass is 15.2. The van der Waals surface area contributed by atoms with E-state index in [1.54, 1.807) is 0 Å². The van der Waals surface area contributed by atoms with E-state index in [1.165, 1.54) is 32.5 Å². The van der Waals surface area contributed by atoms with Crippen LogP contribution in [0.4, 0.5) is 0 Å². The topological polar surface area (TPSA) is 15.3 Å². The lowest BCUT2D eigenvalue weighted by atomic mass is 9.83. The third-order valence-electron chi connectivity index (χ3n) is 3.37. The molecule has 0 spiro atoms. The minimum Gasteiger partial charge on any atom is -0.319 e. The molecule has 2 heteroatoms. The van der Waals surface area contributed by atoms with E-state index in [1.807, 2.05) is 0 Å². The molecule has 1 aliphatic carbocycles. The fourth-order valence-electron chi connectivity index (χ4n) is 2.50. The van der Waals surface area contributed by atoms with Crippen LogP contribution in [0.5, 0.6) is 0 Å². The Balaban J connectivity index is 1.80. The second kappa shape index (κ2) is 3.35. The van der Waals surface area contributed by atoms with Crippen LogP contribution in [0, 0.1) is 17.8 Å². The zero-order valence-corrected chi connectivity index (χ0v) is 8.21. The predicted octanol–water partition coefficient (Wildman–Crippen LogP) is 0.794. The van der Waals surface area contributed by atoms with Gasteiger partial charge in [-0.15, -0.1) is 0 Å². The van der Waals surface area contributed by atoms with Crippen molar-refractivity contribution in [3.63, 3.8) is 0 Å². The molecule has 70 valence electrons. The SMILES string of the molecule is CNCC(C1CC1)C1CN(C)C1. The summed E-state index contributed by atoms with van der Waals surface area (Å²) in [6, 6.07) is 0. The Kier molecular flexibility index (Phi) is 2.37. The number of hydrogen-bond acceptors (Lipinski definition) is 2. The van der Waals surface area contributed by atoms with Crippen molar-refractivity contribution in [1.29, 1.82) is 0 Å². The maximum absolute atomic E-state index is 3.33. The molecule has 2 fully saturated rings. The second-order valence-corrected chi connectivity index (χ2v) is 4.54. The molecule has 2 rings (SSSR count). The van der Waals surface area contributed by atoms with Gasteiger partial charge in [-0.05, 0) is 51.2 Å². The van der Waals surface area contributed by atoms with E-state index in [4.69, 9.17) is 0 Å². The fourth-order valence-corrected chi connectivity index (χ4v) is 2.50. The van der Waals surface area contributed by atoms with Crippen LogP contribution in [0.3, 0.4) is 0 Å². The van der Waals surface area contributed by atoms with Gasteiger partial charge < -0.3 is 10.2 Å². The van der Waals surface area contributed by atoms with Crippen LogP contribution in [0.25, 0.3) is 0 Å². The Morgan fingerprint density at radius 2 is 2.00 bits per heavy atom. The average molecular weight is 168 g/mol. The highest BCUT2D eigenvalue weighted by molar-refractivity contribution is 4.92. The van der Waals surface area contributed by atoms with Crippen molar-refractivity contribution in [2.75, 3.05) is 33.7 Å². The largest absolute Gasteiger partial charge is 0.319 e. The maximum Gasteiger partial charge on any atom is 0.00222 e. The summed E-state index contributed by atoms with van der Waals surface area (Å²) in [7, 11) is 4.30. The number of hydrogen-bond donors (Lipinski definition) is 1. The summed E-state index contributed by atoms with van der Waals surface area (Å²) < 4.78 is 0. The minimum absolute atomic E-state index is 0.978. The highest BCUT2D eigenvalue weighted by Gasteiger charge is 2.39. The van der Waals surface area contributed by atoms with Crippen LogP contribution in [0.15, 0.2) is 0 Å². The number of nitrogens with zero attached hydrogens (tertiary/aromatic N) is 1. The molecule has 12 heavy (non-hydrogen) atoms. The van der Waals surface area contributed by atoms with Crippen LogP contribution in [0.2, 0.25) is 0 Å². The summed E-state index contributed by atoms with van der Waals surface area (Å²) >= 11 is 0. The molecule has 1 saturated heterocycles. The van der Waals surface area contributed by atoms with Gasteiger partial charge in [0.1, 0.15) is 0 Å². The third kappa shape index (κ3) is 1.64. The smallest absolute Gasteiger partial charge is 0.00222 e. The van der Waals surface area contributed by atoms with E-state index in [-0.39, 0.29) is 0 Å². The van der Waals surface area contributed by atoms with E-state index in [2.05, 4.69) is 24.3 Å². The molecule has 0 bridgehead atoms. The first-order chi connectivity index (χ1) is 5.81. The molecule has 1 aliphatic heterocycles. The van der Waals surface area contributed by atoms with Gasteiger partial charge in [-0.25, -0.2) is 0 Å². The van der Waals surface area contributed by atoms with Gasteiger partial charge in [-0.1, -0.05) is 0 Å². The summed E-state index contributed by atoms with van der Waals surface area (Å²) in [6.45, 7) is 3.91. The number of rotatable bonds is 4. The van der Waals surface area contributed by atoms with E-state index in [0.717, 1.165) is 17.8 Å². The van der Waals surface area contributed by atoms with E-state index in [9.17, 15) is 0 Å². The number of likely N-dealkylation sites (tertiary alicyclic amines) is 1. The first-order valence-corrected chi connectivity index (χ1v) is 5.14. The van der Waals surface area contributed by atoms with Crippen molar-refractivity contribution in [3.05, 3.63) is 0 Å². The van der Waals surface area contributed by atoms with Crippen molar-refractivity contribution < 1.29 is 0 Å². The van der Waals surface area contributed by atoms with Gasteiger partial charge in [0.25, 0.3) is 0 Å². The van der Waals surface area contributed by atoms with E-state index in [0.29, 0.717) is 0 Å². The molecular formula is C10H20N2. The molecule has 2 nitrogen and oxygen atoms in total. The molecule has 0 amide bonds.